The van der Waals surface area contributed by atoms with Crippen molar-refractivity contribution in [3.8, 4) is 0 Å². The Morgan fingerprint density at radius 3 is 2.86 bits per heavy atom. The number of carbonyl (C=O) groups is 1. The molecule has 1 aromatic carbocycles. The van der Waals surface area contributed by atoms with Gasteiger partial charge in [0.05, 0.1) is 15.8 Å². The first kappa shape index (κ1) is 14.1. The second-order valence-corrected chi connectivity index (χ2v) is 5.91. The van der Waals surface area contributed by atoms with Crippen molar-refractivity contribution in [3.63, 3.8) is 0 Å². The number of para-hydroxylation sites is 1. The van der Waals surface area contributed by atoms with E-state index < -0.39 is 23.7 Å². The average molecular weight is 315 g/mol. The van der Waals surface area contributed by atoms with Crippen LogP contribution in [0.5, 0.6) is 0 Å². The minimum Gasteiger partial charge on any atom is -0.368 e. The smallest absolute Gasteiger partial charge is 0.368 e. The highest BCUT2D eigenvalue weighted by atomic mass is 32.1. The number of anilines is 1. The van der Waals surface area contributed by atoms with Gasteiger partial charge in [-0.3, -0.25) is 4.79 Å². The molecular formula is C13H12F3N3OS. The molecule has 1 aromatic heterocycles. The summed E-state index contributed by atoms with van der Waals surface area (Å²) in [6, 6.07) is 3.49. The number of nitrogens with two attached hydrogens (primary N) is 1. The van der Waals surface area contributed by atoms with Crippen molar-refractivity contribution in [2.24, 2.45) is 5.73 Å². The van der Waals surface area contributed by atoms with Gasteiger partial charge in [-0.15, -0.1) is 0 Å². The first-order valence-electron chi connectivity index (χ1n) is 6.40. The van der Waals surface area contributed by atoms with Crippen molar-refractivity contribution in [2.45, 2.75) is 25.1 Å². The summed E-state index contributed by atoms with van der Waals surface area (Å²) < 4.78 is 39.4. The van der Waals surface area contributed by atoms with E-state index in [0.717, 1.165) is 23.8 Å². The van der Waals surface area contributed by atoms with Gasteiger partial charge >= 0.3 is 6.18 Å². The van der Waals surface area contributed by atoms with Gasteiger partial charge in [-0.1, -0.05) is 17.4 Å². The highest BCUT2D eigenvalue weighted by Crippen LogP contribution is 2.39. The number of rotatable bonds is 2. The summed E-state index contributed by atoms with van der Waals surface area (Å²) in [6.07, 6.45) is -3.06. The summed E-state index contributed by atoms with van der Waals surface area (Å²) in [5, 5.41) is 0.419. The van der Waals surface area contributed by atoms with E-state index in [9.17, 15) is 18.0 Å². The first-order valence-corrected chi connectivity index (χ1v) is 7.22. The van der Waals surface area contributed by atoms with Crippen LogP contribution in [0.3, 0.4) is 0 Å². The molecule has 1 fully saturated rings. The molecule has 0 saturated carbocycles. The van der Waals surface area contributed by atoms with Crippen LogP contribution < -0.4 is 10.6 Å². The molecule has 2 N–H and O–H groups in total. The number of aromatic nitrogens is 1. The van der Waals surface area contributed by atoms with Crippen LogP contribution >= 0.6 is 11.3 Å². The van der Waals surface area contributed by atoms with Crippen LogP contribution in [0.15, 0.2) is 18.2 Å². The summed E-state index contributed by atoms with van der Waals surface area (Å²) >= 11 is 1.15. The molecular weight excluding hydrogens is 303 g/mol. The van der Waals surface area contributed by atoms with Gasteiger partial charge in [-0.2, -0.15) is 13.2 Å². The normalized spacial score (nSPS) is 19.4. The van der Waals surface area contributed by atoms with E-state index in [1.807, 2.05) is 0 Å². The third kappa shape index (κ3) is 2.44. The fourth-order valence-electron chi connectivity index (χ4n) is 2.58. The van der Waals surface area contributed by atoms with Gasteiger partial charge < -0.3 is 10.6 Å². The Morgan fingerprint density at radius 1 is 1.43 bits per heavy atom. The van der Waals surface area contributed by atoms with E-state index in [1.54, 1.807) is 11.0 Å². The van der Waals surface area contributed by atoms with Crippen molar-refractivity contribution < 1.29 is 18.0 Å². The van der Waals surface area contributed by atoms with Gasteiger partial charge in [-0.25, -0.2) is 4.98 Å². The first-order chi connectivity index (χ1) is 9.88. The number of primary amides is 1. The number of fused-ring (bicyclic) bond motifs is 1. The number of halogens is 3. The summed E-state index contributed by atoms with van der Waals surface area (Å²) in [5.41, 5.74) is 4.51. The molecule has 1 aliphatic rings. The van der Waals surface area contributed by atoms with Crippen molar-refractivity contribution >= 4 is 32.6 Å². The Morgan fingerprint density at radius 2 is 2.19 bits per heavy atom. The van der Waals surface area contributed by atoms with Gasteiger partial charge in [0.15, 0.2) is 5.13 Å². The fourth-order valence-corrected chi connectivity index (χ4v) is 3.65. The van der Waals surface area contributed by atoms with Crippen molar-refractivity contribution in [1.82, 2.24) is 4.98 Å². The predicted octanol–water partition coefficient (Wildman–Crippen LogP) is 2.77. The zero-order valence-electron chi connectivity index (χ0n) is 10.9. The molecule has 0 bridgehead atoms. The zero-order valence-corrected chi connectivity index (χ0v) is 11.7. The molecule has 8 heteroatoms. The molecule has 1 amide bonds. The molecule has 21 heavy (non-hydrogen) atoms. The quantitative estimate of drug-likeness (QED) is 0.927. The van der Waals surface area contributed by atoms with Gasteiger partial charge in [0.25, 0.3) is 0 Å². The van der Waals surface area contributed by atoms with Crippen LogP contribution in [-0.2, 0) is 11.0 Å². The Balaban J connectivity index is 2.08. The largest absolute Gasteiger partial charge is 0.418 e. The molecule has 112 valence electrons. The molecule has 0 radical (unpaired) electrons. The summed E-state index contributed by atoms with van der Waals surface area (Å²) in [5.74, 6) is -0.470. The van der Waals surface area contributed by atoms with Crippen LogP contribution in [0, 0.1) is 0 Å². The molecule has 1 aliphatic heterocycles. The Kier molecular flexibility index (Phi) is 3.27. The van der Waals surface area contributed by atoms with E-state index in [4.69, 9.17) is 5.73 Å². The van der Waals surface area contributed by atoms with Crippen LogP contribution in [0.1, 0.15) is 18.4 Å². The van der Waals surface area contributed by atoms with Crippen molar-refractivity contribution in [1.29, 1.82) is 0 Å². The topological polar surface area (TPSA) is 59.2 Å². The SMILES string of the molecule is NC(=O)C1CCCN1c1nc2c(C(F)(F)F)cccc2s1. The lowest BCUT2D eigenvalue weighted by atomic mass is 10.2. The molecule has 3 rings (SSSR count). The molecule has 4 nitrogen and oxygen atoms in total. The minimum absolute atomic E-state index is 0.0693. The fraction of sp³-hybridized carbons (Fsp3) is 0.385. The molecule has 1 atom stereocenters. The van der Waals surface area contributed by atoms with E-state index in [-0.39, 0.29) is 5.52 Å². The van der Waals surface area contributed by atoms with Crippen molar-refractivity contribution in [2.75, 3.05) is 11.4 Å². The maximum Gasteiger partial charge on any atom is 0.418 e. The van der Waals surface area contributed by atoms with Crippen LogP contribution in [-0.4, -0.2) is 23.5 Å². The molecule has 0 spiro atoms. The predicted molar refractivity (Wildman–Crippen MR) is 74.2 cm³/mol. The number of hydrogen-bond acceptors (Lipinski definition) is 4. The lowest BCUT2D eigenvalue weighted by Gasteiger charge is -2.20. The third-order valence-corrected chi connectivity index (χ3v) is 4.60. The minimum atomic E-state index is -4.45. The van der Waals surface area contributed by atoms with E-state index in [0.29, 0.717) is 22.8 Å². The molecule has 1 unspecified atom stereocenters. The Hall–Kier alpha value is -1.83. The second-order valence-electron chi connectivity index (χ2n) is 4.90. The monoisotopic (exact) mass is 315 g/mol. The van der Waals surface area contributed by atoms with Crippen molar-refractivity contribution in [3.05, 3.63) is 23.8 Å². The number of amides is 1. The molecule has 2 heterocycles. The maximum atomic E-state index is 13.0. The lowest BCUT2D eigenvalue weighted by molar-refractivity contribution is -0.136. The maximum absolute atomic E-state index is 13.0. The molecule has 0 aliphatic carbocycles. The summed E-state index contributed by atoms with van der Waals surface area (Å²) in [6.45, 7) is 0.578. The van der Waals surface area contributed by atoms with Crippen LogP contribution in [0.4, 0.5) is 18.3 Å². The number of carbonyl (C=O) groups excluding carboxylic acids is 1. The summed E-state index contributed by atoms with van der Waals surface area (Å²) in [7, 11) is 0. The van der Waals surface area contributed by atoms with Crippen LogP contribution in [0.25, 0.3) is 10.2 Å². The van der Waals surface area contributed by atoms with E-state index >= 15 is 0 Å². The number of thiazole rings is 1. The zero-order chi connectivity index (χ0) is 15.2. The Labute approximate surface area is 122 Å². The highest BCUT2D eigenvalue weighted by Gasteiger charge is 2.35. The third-order valence-electron chi connectivity index (χ3n) is 3.54. The van der Waals surface area contributed by atoms with E-state index in [1.165, 1.54) is 6.07 Å². The Bertz CT molecular complexity index is 698. The molecule has 2 aromatic rings. The molecule has 1 saturated heterocycles. The number of nitrogens with zero attached hydrogens (tertiary/aromatic N) is 2. The van der Waals surface area contributed by atoms with E-state index in [2.05, 4.69) is 4.98 Å². The number of alkyl halides is 3. The lowest BCUT2D eigenvalue weighted by Crippen LogP contribution is -2.40. The number of hydrogen-bond donors (Lipinski definition) is 1. The van der Waals surface area contributed by atoms with Crippen LogP contribution in [0.2, 0.25) is 0 Å². The van der Waals surface area contributed by atoms with Gasteiger partial charge in [0.2, 0.25) is 5.91 Å². The summed E-state index contributed by atoms with van der Waals surface area (Å²) in [4.78, 5) is 17.2. The highest BCUT2D eigenvalue weighted by molar-refractivity contribution is 7.22. The number of benzene rings is 1. The second kappa shape index (κ2) is 4.87. The average Bonchev–Trinajstić information content (AvgIpc) is 3.02. The van der Waals surface area contributed by atoms with Gasteiger partial charge in [0, 0.05) is 6.54 Å². The van der Waals surface area contributed by atoms with Gasteiger partial charge in [-0.05, 0) is 25.0 Å². The standard InChI is InChI=1S/C13H12F3N3OS/c14-13(15,16)7-3-1-5-9-10(7)18-12(21-9)19-6-2-4-8(19)11(17)20/h1,3,5,8H,2,4,6H2,(H2,17,20). The van der Waals surface area contributed by atoms with Gasteiger partial charge in [0.1, 0.15) is 6.04 Å².